The predicted octanol–water partition coefficient (Wildman–Crippen LogP) is 1.48. The molecule has 0 aromatic heterocycles. The molecule has 0 unspecified atom stereocenters. The van der Waals surface area contributed by atoms with E-state index in [9.17, 15) is 4.79 Å². The molecule has 0 fully saturated rings. The Kier molecular flexibility index (Phi) is 6.60. The molecule has 0 spiro atoms. The molecule has 0 heterocycles. The summed E-state index contributed by atoms with van der Waals surface area (Å²) in [5.74, 6) is 5.59. The number of hydrogen-bond acceptors (Lipinski definition) is 2. The number of nitrogens with two attached hydrogens (primary N) is 1. The Labute approximate surface area is 109 Å². The summed E-state index contributed by atoms with van der Waals surface area (Å²) in [7, 11) is 0. The summed E-state index contributed by atoms with van der Waals surface area (Å²) in [6, 6.07) is 9.60. The van der Waals surface area contributed by atoms with E-state index < -0.39 is 6.04 Å². The van der Waals surface area contributed by atoms with E-state index in [1.165, 1.54) is 5.56 Å². The van der Waals surface area contributed by atoms with Crippen molar-refractivity contribution in [3.8, 4) is 11.8 Å². The van der Waals surface area contributed by atoms with Crippen LogP contribution in [0, 0.1) is 11.8 Å². The maximum atomic E-state index is 11.6. The van der Waals surface area contributed by atoms with Crippen molar-refractivity contribution >= 4 is 5.91 Å². The number of carbonyl (C=O) groups is 1. The van der Waals surface area contributed by atoms with Crippen LogP contribution in [-0.2, 0) is 11.2 Å². The first-order chi connectivity index (χ1) is 8.74. The van der Waals surface area contributed by atoms with Crippen molar-refractivity contribution in [1.82, 2.24) is 5.32 Å². The molecule has 0 bridgehead atoms. The third-order valence-corrected chi connectivity index (χ3v) is 2.65. The maximum absolute atomic E-state index is 11.6. The van der Waals surface area contributed by atoms with Crippen LogP contribution in [0.15, 0.2) is 30.3 Å². The average Bonchev–Trinajstić information content (AvgIpc) is 2.42. The summed E-state index contributed by atoms with van der Waals surface area (Å²) >= 11 is 0. The van der Waals surface area contributed by atoms with Crippen LogP contribution in [0.3, 0.4) is 0 Å². The predicted molar refractivity (Wildman–Crippen MR) is 73.8 cm³/mol. The zero-order chi connectivity index (χ0) is 13.2. The molecule has 0 aliphatic heterocycles. The molecule has 0 aliphatic carbocycles. The Morgan fingerprint density at radius 3 is 2.78 bits per heavy atom. The smallest absolute Gasteiger partial charge is 0.236 e. The first-order valence-corrected chi connectivity index (χ1v) is 6.21. The minimum absolute atomic E-state index is 0.0937. The molecule has 0 radical (unpaired) electrons. The number of amides is 1. The van der Waals surface area contributed by atoms with Crippen molar-refractivity contribution in [2.45, 2.75) is 32.2 Å². The zero-order valence-electron chi connectivity index (χ0n) is 10.8. The summed E-state index contributed by atoms with van der Waals surface area (Å²) in [6.07, 6.45) is 2.16. The molecule has 3 N–H and O–H groups in total. The molecule has 0 aliphatic rings. The van der Waals surface area contributed by atoms with E-state index in [2.05, 4.69) is 17.2 Å². The standard InChI is InChI=1S/C15H20N2O/c1-2-3-7-12-17-15(18)14(16)11-10-13-8-5-4-6-9-13/h4-6,8-9,14H,7,10-12,16H2,1H3,(H,17,18)/t14-/m0/s1. The quantitative estimate of drug-likeness (QED) is 0.588. The van der Waals surface area contributed by atoms with Crippen molar-refractivity contribution in [2.75, 3.05) is 6.54 Å². The number of hydrogen-bond donors (Lipinski definition) is 2. The molecule has 96 valence electrons. The van der Waals surface area contributed by atoms with Crippen LogP contribution in [0.2, 0.25) is 0 Å². The van der Waals surface area contributed by atoms with Crippen LogP contribution < -0.4 is 11.1 Å². The number of nitrogens with one attached hydrogen (secondary N) is 1. The maximum Gasteiger partial charge on any atom is 0.236 e. The van der Waals surface area contributed by atoms with Gasteiger partial charge in [-0.2, -0.15) is 0 Å². The first kappa shape index (κ1) is 14.3. The van der Waals surface area contributed by atoms with Gasteiger partial charge in [0.25, 0.3) is 0 Å². The molecule has 3 nitrogen and oxygen atoms in total. The van der Waals surface area contributed by atoms with Gasteiger partial charge in [0.15, 0.2) is 0 Å². The van der Waals surface area contributed by atoms with Gasteiger partial charge >= 0.3 is 0 Å². The Balaban J connectivity index is 2.24. The lowest BCUT2D eigenvalue weighted by Crippen LogP contribution is -2.41. The third kappa shape index (κ3) is 5.51. The van der Waals surface area contributed by atoms with Gasteiger partial charge in [-0.3, -0.25) is 4.79 Å². The van der Waals surface area contributed by atoms with Gasteiger partial charge < -0.3 is 11.1 Å². The van der Waals surface area contributed by atoms with Gasteiger partial charge in [0.05, 0.1) is 6.04 Å². The van der Waals surface area contributed by atoms with Crippen LogP contribution in [0.5, 0.6) is 0 Å². The highest BCUT2D eigenvalue weighted by molar-refractivity contribution is 5.81. The molecule has 0 saturated carbocycles. The molecule has 1 rings (SSSR count). The van der Waals surface area contributed by atoms with Gasteiger partial charge in [-0.15, -0.1) is 11.8 Å². The highest BCUT2D eigenvalue weighted by atomic mass is 16.2. The van der Waals surface area contributed by atoms with Crippen molar-refractivity contribution in [3.63, 3.8) is 0 Å². The molecule has 1 aromatic carbocycles. The zero-order valence-corrected chi connectivity index (χ0v) is 10.8. The fourth-order valence-corrected chi connectivity index (χ4v) is 1.60. The molecule has 0 saturated heterocycles. The van der Waals surface area contributed by atoms with E-state index in [0.29, 0.717) is 19.4 Å². The highest BCUT2D eigenvalue weighted by Gasteiger charge is 2.12. The molecule has 1 amide bonds. The van der Waals surface area contributed by atoms with E-state index in [4.69, 9.17) is 5.73 Å². The molecule has 18 heavy (non-hydrogen) atoms. The van der Waals surface area contributed by atoms with Crippen LogP contribution in [0.1, 0.15) is 25.3 Å². The summed E-state index contributed by atoms with van der Waals surface area (Å²) in [4.78, 5) is 11.6. The highest BCUT2D eigenvalue weighted by Crippen LogP contribution is 2.03. The monoisotopic (exact) mass is 244 g/mol. The normalized spacial score (nSPS) is 11.2. The van der Waals surface area contributed by atoms with Gasteiger partial charge in [0, 0.05) is 13.0 Å². The minimum atomic E-state index is -0.445. The van der Waals surface area contributed by atoms with Crippen molar-refractivity contribution in [3.05, 3.63) is 35.9 Å². The van der Waals surface area contributed by atoms with Crippen LogP contribution >= 0.6 is 0 Å². The minimum Gasteiger partial charge on any atom is -0.354 e. The largest absolute Gasteiger partial charge is 0.354 e. The fourth-order valence-electron chi connectivity index (χ4n) is 1.60. The van der Waals surface area contributed by atoms with Gasteiger partial charge in [-0.05, 0) is 25.3 Å². The SMILES string of the molecule is CC#CCCNC(=O)[C@@H](N)CCc1ccccc1. The average molecular weight is 244 g/mol. The number of benzene rings is 1. The van der Waals surface area contributed by atoms with E-state index in [1.54, 1.807) is 6.92 Å². The molecule has 1 aromatic rings. The van der Waals surface area contributed by atoms with E-state index in [1.807, 2.05) is 30.3 Å². The number of rotatable bonds is 6. The molecular formula is C15H20N2O. The molecular weight excluding hydrogens is 224 g/mol. The Bertz CT molecular complexity index is 417. The van der Waals surface area contributed by atoms with Gasteiger partial charge in [-0.1, -0.05) is 30.3 Å². The lowest BCUT2D eigenvalue weighted by molar-refractivity contribution is -0.122. The third-order valence-electron chi connectivity index (χ3n) is 2.65. The Morgan fingerprint density at radius 1 is 1.39 bits per heavy atom. The second kappa shape index (κ2) is 8.32. The van der Waals surface area contributed by atoms with Crippen LogP contribution in [-0.4, -0.2) is 18.5 Å². The second-order valence-corrected chi connectivity index (χ2v) is 4.10. The fraction of sp³-hybridized carbons (Fsp3) is 0.400. The van der Waals surface area contributed by atoms with Crippen LogP contribution in [0.25, 0.3) is 0 Å². The Hall–Kier alpha value is -1.79. The molecule has 3 heteroatoms. The van der Waals surface area contributed by atoms with Gasteiger partial charge in [0.1, 0.15) is 0 Å². The summed E-state index contributed by atoms with van der Waals surface area (Å²) in [6.45, 7) is 2.35. The van der Waals surface area contributed by atoms with Crippen molar-refractivity contribution < 1.29 is 4.79 Å². The lowest BCUT2D eigenvalue weighted by atomic mass is 10.1. The summed E-state index contributed by atoms with van der Waals surface area (Å²) < 4.78 is 0. The van der Waals surface area contributed by atoms with Gasteiger partial charge in [0.2, 0.25) is 5.91 Å². The van der Waals surface area contributed by atoms with E-state index in [-0.39, 0.29) is 5.91 Å². The second-order valence-electron chi connectivity index (χ2n) is 4.10. The van der Waals surface area contributed by atoms with Crippen molar-refractivity contribution in [1.29, 1.82) is 0 Å². The number of carbonyl (C=O) groups excluding carboxylic acids is 1. The van der Waals surface area contributed by atoms with E-state index in [0.717, 1.165) is 6.42 Å². The van der Waals surface area contributed by atoms with Crippen LogP contribution in [0.4, 0.5) is 0 Å². The summed E-state index contributed by atoms with van der Waals surface area (Å²) in [5, 5.41) is 2.79. The lowest BCUT2D eigenvalue weighted by Gasteiger charge is -2.11. The van der Waals surface area contributed by atoms with Crippen molar-refractivity contribution in [2.24, 2.45) is 5.73 Å². The van der Waals surface area contributed by atoms with E-state index >= 15 is 0 Å². The topological polar surface area (TPSA) is 55.1 Å². The first-order valence-electron chi connectivity index (χ1n) is 6.21. The Morgan fingerprint density at radius 2 is 2.11 bits per heavy atom. The number of aryl methyl sites for hydroxylation is 1. The summed E-state index contributed by atoms with van der Waals surface area (Å²) in [5.41, 5.74) is 7.04. The molecule has 1 atom stereocenters. The van der Waals surface area contributed by atoms with Gasteiger partial charge in [-0.25, -0.2) is 0 Å².